The molecule has 0 fully saturated rings. The molecular weight excluding hydrogens is 576 g/mol. The molecule has 0 aliphatic heterocycles. The number of nitrogens with one attached hydrogen (secondary N) is 1. The maximum atomic E-state index is 13.9. The number of sulfonamides is 1. The summed E-state index contributed by atoms with van der Waals surface area (Å²) in [7, 11) is -4.24. The van der Waals surface area contributed by atoms with Crippen molar-refractivity contribution >= 4 is 50.7 Å². The summed E-state index contributed by atoms with van der Waals surface area (Å²) in [5.74, 6) is -1.48. The van der Waals surface area contributed by atoms with Gasteiger partial charge in [-0.1, -0.05) is 60.0 Å². The first-order valence-corrected chi connectivity index (χ1v) is 14.9. The number of hydrogen-bond donors (Lipinski definition) is 1. The van der Waals surface area contributed by atoms with Crippen molar-refractivity contribution in [3.05, 3.63) is 93.7 Å². The minimum Gasteiger partial charge on any atom is -0.352 e. The van der Waals surface area contributed by atoms with Crippen LogP contribution in [0.4, 0.5) is 10.1 Å². The third kappa shape index (κ3) is 7.74. The number of nitrogens with zero attached hydrogens (tertiary/aromatic N) is 2. The third-order valence-electron chi connectivity index (χ3n) is 6.51. The second-order valence-corrected chi connectivity index (χ2v) is 12.2. The van der Waals surface area contributed by atoms with E-state index in [0.29, 0.717) is 12.0 Å². The molecular formula is C29H32Cl2FN3O4S. The molecule has 0 bridgehead atoms. The molecule has 0 saturated heterocycles. The topological polar surface area (TPSA) is 86.8 Å². The van der Waals surface area contributed by atoms with Crippen molar-refractivity contribution in [1.29, 1.82) is 0 Å². The summed E-state index contributed by atoms with van der Waals surface area (Å²) in [6.07, 6.45) is 0.685. The van der Waals surface area contributed by atoms with E-state index < -0.39 is 40.2 Å². The van der Waals surface area contributed by atoms with Gasteiger partial charge in [0, 0.05) is 12.6 Å². The third-order valence-corrected chi connectivity index (χ3v) is 9.04. The van der Waals surface area contributed by atoms with Crippen molar-refractivity contribution < 1.29 is 22.4 Å². The van der Waals surface area contributed by atoms with E-state index in [9.17, 15) is 22.4 Å². The predicted molar refractivity (Wildman–Crippen MR) is 156 cm³/mol. The predicted octanol–water partition coefficient (Wildman–Crippen LogP) is 5.97. The Morgan fingerprint density at radius 3 is 2.15 bits per heavy atom. The first-order chi connectivity index (χ1) is 18.8. The number of halogens is 3. The van der Waals surface area contributed by atoms with E-state index in [1.807, 2.05) is 20.8 Å². The van der Waals surface area contributed by atoms with E-state index in [0.717, 1.165) is 9.87 Å². The molecule has 0 aromatic heterocycles. The Morgan fingerprint density at radius 2 is 1.57 bits per heavy atom. The summed E-state index contributed by atoms with van der Waals surface area (Å²) in [5, 5.41) is 3.19. The average molecular weight is 609 g/mol. The van der Waals surface area contributed by atoms with Gasteiger partial charge < -0.3 is 10.2 Å². The Morgan fingerprint density at radius 1 is 0.950 bits per heavy atom. The van der Waals surface area contributed by atoms with E-state index in [2.05, 4.69) is 5.32 Å². The van der Waals surface area contributed by atoms with Crippen LogP contribution in [-0.4, -0.2) is 43.8 Å². The van der Waals surface area contributed by atoms with Gasteiger partial charge in [-0.3, -0.25) is 13.9 Å². The number of carbonyl (C=O) groups excluding carboxylic acids is 2. The fourth-order valence-corrected chi connectivity index (χ4v) is 5.54. The largest absolute Gasteiger partial charge is 0.352 e. The summed E-state index contributed by atoms with van der Waals surface area (Å²) >= 11 is 12.3. The van der Waals surface area contributed by atoms with Gasteiger partial charge in [0.25, 0.3) is 10.0 Å². The lowest BCUT2D eigenvalue weighted by Crippen LogP contribution is -2.52. The average Bonchev–Trinajstić information content (AvgIpc) is 2.92. The number of rotatable bonds is 11. The van der Waals surface area contributed by atoms with Crippen molar-refractivity contribution in [3.63, 3.8) is 0 Å². The maximum Gasteiger partial charge on any atom is 0.264 e. The number of amides is 2. The lowest BCUT2D eigenvalue weighted by atomic mass is 10.1. The molecule has 0 spiro atoms. The number of aryl methyl sites for hydroxylation is 1. The van der Waals surface area contributed by atoms with Crippen LogP contribution in [0.2, 0.25) is 10.0 Å². The molecule has 3 aromatic carbocycles. The Kier molecular flexibility index (Phi) is 10.6. The lowest BCUT2D eigenvalue weighted by molar-refractivity contribution is -0.139. The van der Waals surface area contributed by atoms with Crippen LogP contribution in [0.1, 0.15) is 38.3 Å². The van der Waals surface area contributed by atoms with Crippen LogP contribution in [-0.2, 0) is 26.2 Å². The highest BCUT2D eigenvalue weighted by molar-refractivity contribution is 7.92. The highest BCUT2D eigenvalue weighted by atomic mass is 35.5. The maximum absolute atomic E-state index is 13.9. The van der Waals surface area contributed by atoms with Gasteiger partial charge in [-0.2, -0.15) is 0 Å². The first kappa shape index (κ1) is 31.4. The van der Waals surface area contributed by atoms with Gasteiger partial charge in [0.1, 0.15) is 18.4 Å². The van der Waals surface area contributed by atoms with Gasteiger partial charge in [-0.15, -0.1) is 0 Å². The summed E-state index contributed by atoms with van der Waals surface area (Å²) in [4.78, 5) is 28.2. The smallest absolute Gasteiger partial charge is 0.264 e. The molecule has 0 saturated carbocycles. The highest BCUT2D eigenvalue weighted by Crippen LogP contribution is 2.31. The van der Waals surface area contributed by atoms with Gasteiger partial charge in [0.2, 0.25) is 11.8 Å². The van der Waals surface area contributed by atoms with Crippen LogP contribution in [0.15, 0.2) is 71.6 Å². The van der Waals surface area contributed by atoms with Gasteiger partial charge in [-0.25, -0.2) is 12.8 Å². The zero-order valence-corrected chi connectivity index (χ0v) is 25.0. The molecule has 0 unspecified atom stereocenters. The van der Waals surface area contributed by atoms with Crippen LogP contribution in [0.3, 0.4) is 0 Å². The fraction of sp³-hybridized carbons (Fsp3) is 0.310. The Labute approximate surface area is 244 Å². The van der Waals surface area contributed by atoms with Crippen LogP contribution >= 0.6 is 23.2 Å². The fourth-order valence-electron chi connectivity index (χ4n) is 3.84. The Hall–Kier alpha value is -3.14. The van der Waals surface area contributed by atoms with Gasteiger partial charge in [0.15, 0.2) is 0 Å². The molecule has 7 nitrogen and oxygen atoms in total. The molecule has 40 heavy (non-hydrogen) atoms. The van der Waals surface area contributed by atoms with E-state index in [1.54, 1.807) is 19.1 Å². The molecule has 3 aromatic rings. The second-order valence-electron chi connectivity index (χ2n) is 9.57. The number of benzene rings is 3. The van der Waals surface area contributed by atoms with Crippen LogP contribution < -0.4 is 9.62 Å². The van der Waals surface area contributed by atoms with Crippen molar-refractivity contribution in [3.8, 4) is 0 Å². The molecule has 1 N–H and O–H groups in total. The minimum absolute atomic E-state index is 0.0235. The SMILES string of the molecule is CC[C@@H](C)NC(=O)[C@@H](C)N(Cc1ccc(F)cc1)C(=O)CN(c1ccc(Cl)c(Cl)c1)S(=O)(=O)c1ccc(C)cc1. The van der Waals surface area contributed by atoms with Crippen LogP contribution in [0.5, 0.6) is 0 Å². The first-order valence-electron chi connectivity index (χ1n) is 12.7. The number of anilines is 1. The van der Waals surface area contributed by atoms with E-state index in [4.69, 9.17) is 23.2 Å². The summed E-state index contributed by atoms with van der Waals surface area (Å²) in [6, 6.07) is 14.9. The van der Waals surface area contributed by atoms with Crippen LogP contribution in [0.25, 0.3) is 0 Å². The number of hydrogen-bond acceptors (Lipinski definition) is 4. The van der Waals surface area contributed by atoms with Crippen molar-refractivity contribution in [2.24, 2.45) is 0 Å². The molecule has 2 amide bonds. The van der Waals surface area contributed by atoms with Crippen molar-refractivity contribution in [2.45, 2.75) is 57.6 Å². The normalized spacial score (nSPS) is 12.9. The minimum atomic E-state index is -4.24. The summed E-state index contributed by atoms with van der Waals surface area (Å²) in [5.41, 5.74) is 1.56. The molecule has 214 valence electrons. The molecule has 0 aliphatic rings. The highest BCUT2D eigenvalue weighted by Gasteiger charge is 2.33. The van der Waals surface area contributed by atoms with E-state index in [-0.39, 0.29) is 33.2 Å². The molecule has 0 radical (unpaired) electrons. The zero-order chi connectivity index (χ0) is 29.6. The van der Waals surface area contributed by atoms with Crippen molar-refractivity contribution in [1.82, 2.24) is 10.2 Å². The molecule has 11 heteroatoms. The molecule has 0 heterocycles. The lowest BCUT2D eigenvalue weighted by Gasteiger charge is -2.32. The molecule has 2 atom stereocenters. The number of carbonyl (C=O) groups is 2. The summed E-state index contributed by atoms with van der Waals surface area (Å²) < 4.78 is 42.2. The van der Waals surface area contributed by atoms with Crippen LogP contribution in [0, 0.1) is 12.7 Å². The van der Waals surface area contributed by atoms with E-state index >= 15 is 0 Å². The molecule has 0 aliphatic carbocycles. The van der Waals surface area contributed by atoms with Crippen molar-refractivity contribution in [2.75, 3.05) is 10.8 Å². The Balaban J connectivity index is 2.04. The van der Waals surface area contributed by atoms with Gasteiger partial charge in [0.05, 0.1) is 20.6 Å². The van der Waals surface area contributed by atoms with Gasteiger partial charge in [-0.05, 0) is 75.2 Å². The van der Waals surface area contributed by atoms with E-state index in [1.165, 1.54) is 59.5 Å². The second kappa shape index (κ2) is 13.5. The summed E-state index contributed by atoms with van der Waals surface area (Å²) in [6.45, 7) is 6.48. The Bertz CT molecular complexity index is 1450. The standard InChI is InChI=1S/C29H32Cl2FN3O4S/c1-5-20(3)33-29(37)21(4)34(17-22-8-10-23(32)11-9-22)28(36)18-35(24-12-15-26(30)27(31)16-24)40(38,39)25-13-6-19(2)7-14-25/h6-16,20-21H,5,17-18H2,1-4H3,(H,33,37)/t20-,21-/m1/s1. The monoisotopic (exact) mass is 607 g/mol. The zero-order valence-electron chi connectivity index (χ0n) is 22.7. The molecule has 3 rings (SSSR count). The van der Waals surface area contributed by atoms with Gasteiger partial charge >= 0.3 is 0 Å². The quantitative estimate of drug-likeness (QED) is 0.291.